The van der Waals surface area contributed by atoms with Gasteiger partial charge in [0.1, 0.15) is 0 Å². The number of unbranched alkanes of at least 4 members (excludes halogenated alkanes) is 12. The first-order valence-electron chi connectivity index (χ1n) is 34.5. The summed E-state index contributed by atoms with van der Waals surface area (Å²) in [5.74, 6) is 0. The predicted molar refractivity (Wildman–Crippen MR) is 379 cm³/mol. The Hall–Kier alpha value is -2.22. The summed E-state index contributed by atoms with van der Waals surface area (Å²) >= 11 is 7.51. The fourth-order valence-electron chi connectivity index (χ4n) is 14.0. The Morgan fingerprint density at radius 2 is 0.511 bits per heavy atom. The summed E-state index contributed by atoms with van der Waals surface area (Å²) in [6.07, 6.45) is 25.5. The van der Waals surface area contributed by atoms with Crippen molar-refractivity contribution in [3.63, 3.8) is 0 Å². The van der Waals surface area contributed by atoms with Gasteiger partial charge in [-0.2, -0.15) is 0 Å². The largest absolute Gasteiger partial charge is 0.494 e. The molecule has 0 radical (unpaired) electrons. The summed E-state index contributed by atoms with van der Waals surface area (Å²) in [6.45, 7) is 42.5. The maximum Gasteiger partial charge on any atom is 0.494 e. The van der Waals surface area contributed by atoms with Gasteiger partial charge in [0.2, 0.25) is 0 Å². The number of benzene rings is 4. The van der Waals surface area contributed by atoms with Crippen molar-refractivity contribution >= 4 is 71.0 Å². The molecule has 0 spiro atoms. The number of halogens is 2. The molecule has 14 heteroatoms. The van der Waals surface area contributed by atoms with Crippen LogP contribution in [0, 0.1) is 0 Å². The van der Waals surface area contributed by atoms with E-state index < -0.39 is 14.0 Å². The van der Waals surface area contributed by atoms with E-state index in [1.165, 1.54) is 158 Å². The molecule has 2 aliphatic carbocycles. The van der Waals surface area contributed by atoms with Crippen molar-refractivity contribution in [2.45, 2.75) is 323 Å². The van der Waals surface area contributed by atoms with Crippen molar-refractivity contribution in [3.05, 3.63) is 104 Å². The Kier molecular flexibility index (Phi) is 22.8. The van der Waals surface area contributed by atoms with Crippen molar-refractivity contribution in [3.8, 4) is 22.3 Å². The molecule has 0 N–H and O–H groups in total. The van der Waals surface area contributed by atoms with Crippen LogP contribution >= 0.6 is 31.9 Å². The molecule has 4 aromatic carbocycles. The van der Waals surface area contributed by atoms with Gasteiger partial charge in [0.15, 0.2) is 0 Å². The highest BCUT2D eigenvalue weighted by molar-refractivity contribution is 9.10. The molecular formula is C74H112B4Br2O8. The van der Waals surface area contributed by atoms with E-state index >= 15 is 0 Å². The number of fused-ring (bicyclic) bond motifs is 6. The molecule has 4 aromatic rings. The van der Waals surface area contributed by atoms with Crippen LogP contribution in [0.5, 0.6) is 0 Å². The van der Waals surface area contributed by atoms with Gasteiger partial charge in [-0.15, -0.1) is 0 Å². The monoisotopic (exact) mass is 1330 g/mol. The van der Waals surface area contributed by atoms with Crippen LogP contribution in [0.4, 0.5) is 0 Å². The Labute approximate surface area is 553 Å². The second kappa shape index (κ2) is 28.0. The smallest absolute Gasteiger partial charge is 0.405 e. The van der Waals surface area contributed by atoms with Crippen LogP contribution in [0.15, 0.2) is 81.7 Å². The molecule has 4 saturated heterocycles. The maximum atomic E-state index is 6.55. The maximum absolute atomic E-state index is 6.55. The predicted octanol–water partition coefficient (Wildman–Crippen LogP) is 20.2. The lowest BCUT2D eigenvalue weighted by Gasteiger charge is -2.33. The molecule has 88 heavy (non-hydrogen) atoms. The lowest BCUT2D eigenvalue weighted by atomic mass is 9.49. The van der Waals surface area contributed by atoms with Gasteiger partial charge >= 0.3 is 28.3 Å². The molecule has 10 rings (SSSR count). The molecule has 0 atom stereocenters. The zero-order chi connectivity index (χ0) is 64.5. The summed E-state index contributed by atoms with van der Waals surface area (Å²) in [4.78, 5) is 0. The fourth-order valence-corrected chi connectivity index (χ4v) is 14.7. The minimum Gasteiger partial charge on any atom is -0.405 e. The van der Waals surface area contributed by atoms with Crippen LogP contribution in [0.1, 0.15) is 289 Å². The highest BCUT2D eigenvalue weighted by Crippen LogP contribution is 2.57. The Morgan fingerprint density at radius 1 is 0.284 bits per heavy atom. The molecule has 0 amide bonds. The van der Waals surface area contributed by atoms with Gasteiger partial charge in [-0.1, -0.05) is 211 Å². The molecule has 6 aliphatic rings. The average molecular weight is 1330 g/mol. The molecular weight excluding hydrogens is 1220 g/mol. The summed E-state index contributed by atoms with van der Waals surface area (Å²) in [7, 11) is -1.68. The summed E-state index contributed by atoms with van der Waals surface area (Å²) in [6, 6.07) is 27.9. The first-order valence-corrected chi connectivity index (χ1v) is 36.1. The van der Waals surface area contributed by atoms with E-state index in [0.717, 1.165) is 23.8 Å². The Morgan fingerprint density at radius 3 is 0.761 bits per heavy atom. The van der Waals surface area contributed by atoms with Crippen molar-refractivity contribution in [1.82, 2.24) is 0 Å². The van der Waals surface area contributed by atoms with Crippen molar-refractivity contribution < 1.29 is 37.2 Å². The van der Waals surface area contributed by atoms with Crippen LogP contribution in [0.25, 0.3) is 22.3 Å². The van der Waals surface area contributed by atoms with Gasteiger partial charge in [0, 0.05) is 19.8 Å². The summed E-state index contributed by atoms with van der Waals surface area (Å²) in [5, 5.41) is 0. The summed E-state index contributed by atoms with van der Waals surface area (Å²) < 4.78 is 52.5. The number of hydrogen-bond acceptors (Lipinski definition) is 8. The van der Waals surface area contributed by atoms with E-state index in [4.69, 9.17) is 37.2 Å². The molecule has 0 bridgehead atoms. The molecule has 4 fully saturated rings. The van der Waals surface area contributed by atoms with E-state index in [0.29, 0.717) is 0 Å². The molecule has 482 valence electrons. The molecule has 8 nitrogen and oxygen atoms in total. The van der Waals surface area contributed by atoms with Gasteiger partial charge < -0.3 is 37.2 Å². The van der Waals surface area contributed by atoms with Gasteiger partial charge in [0.25, 0.3) is 0 Å². The van der Waals surface area contributed by atoms with E-state index in [9.17, 15) is 0 Å². The first-order chi connectivity index (χ1) is 41.2. The van der Waals surface area contributed by atoms with Crippen LogP contribution in [-0.4, -0.2) is 73.1 Å². The van der Waals surface area contributed by atoms with E-state index in [1.54, 1.807) is 11.1 Å². The second-order valence-corrected chi connectivity index (χ2v) is 32.7. The molecule has 4 aliphatic heterocycles. The Bertz CT molecular complexity index is 2740. The van der Waals surface area contributed by atoms with Crippen molar-refractivity contribution in [2.24, 2.45) is 0 Å². The number of rotatable bonds is 23. The van der Waals surface area contributed by atoms with Gasteiger partial charge in [-0.3, -0.25) is 0 Å². The lowest BCUT2D eigenvalue weighted by Crippen LogP contribution is -2.41. The fraction of sp³-hybridized carbons (Fsp3) is 0.676. The van der Waals surface area contributed by atoms with Crippen molar-refractivity contribution in [2.75, 3.05) is 0 Å². The van der Waals surface area contributed by atoms with E-state index in [2.05, 4.69) is 188 Å². The molecule has 0 aromatic heterocycles. The third-order valence-electron chi connectivity index (χ3n) is 22.3. The van der Waals surface area contributed by atoms with Crippen LogP contribution < -0.4 is 10.9 Å². The second-order valence-electron chi connectivity index (χ2n) is 30.8. The first kappa shape index (κ1) is 71.6. The lowest BCUT2D eigenvalue weighted by molar-refractivity contribution is 0.00578. The third-order valence-corrected chi connectivity index (χ3v) is 23.3. The van der Waals surface area contributed by atoms with Crippen molar-refractivity contribution in [1.29, 1.82) is 0 Å². The van der Waals surface area contributed by atoms with E-state index in [-0.39, 0.29) is 69.9 Å². The molecule has 0 saturated carbocycles. The van der Waals surface area contributed by atoms with Crippen LogP contribution in [0.3, 0.4) is 0 Å². The normalized spacial score (nSPS) is 21.8. The van der Waals surface area contributed by atoms with Crippen LogP contribution in [-0.2, 0) is 48.1 Å². The highest BCUT2D eigenvalue weighted by Gasteiger charge is 2.64. The minimum absolute atomic E-state index is 0.0501. The van der Waals surface area contributed by atoms with Gasteiger partial charge in [0.05, 0.1) is 44.8 Å². The average Bonchev–Trinajstić information content (AvgIpc) is 1.58. The SMILES string of the molecule is CC1(C)OB(B2OC(C)(C)C(C)(C)O2)OC1(C)C.CCCCCCC1(CCCCCC)c2cc(B3OC(C)(C)C(C)(C)O3)ccc2-c2ccc(B3OC(C)(C)C(C)(C)O3)cc21.CCCCCCC1(CCCCCC)c2cc(Br)ccc2-c2ccc(Br)cc21. The third kappa shape index (κ3) is 14.7. The minimum atomic E-state index is -0.476. The number of hydrogen-bond donors (Lipinski definition) is 0. The zero-order valence-corrected chi connectivity index (χ0v) is 61.6. The van der Waals surface area contributed by atoms with Gasteiger partial charge in [-0.05, 0) is 216 Å². The highest BCUT2D eigenvalue weighted by atomic mass is 79.9. The summed E-state index contributed by atoms with van der Waals surface area (Å²) in [5.41, 5.74) is 11.1. The van der Waals surface area contributed by atoms with Crippen LogP contribution in [0.2, 0.25) is 0 Å². The molecule has 0 unspecified atom stereocenters. The molecule has 4 heterocycles. The van der Waals surface area contributed by atoms with E-state index in [1.807, 2.05) is 55.4 Å². The topological polar surface area (TPSA) is 73.8 Å². The zero-order valence-electron chi connectivity index (χ0n) is 58.4. The quantitative estimate of drug-likeness (QED) is 0.0537. The standard InChI is InChI=1S/C37H56B2O4.C25H32Br2.C12H24B2O4/c1-11-13-15-17-23-37(24-18-16-14-12-2)31-25-27(38-40-33(3,4)34(5,6)41-38)19-21-29(31)30-22-20-28(26-32(30)37)39-42-35(7,8)36(9,10)43-39;1-3-5-7-9-15-25(16-10-8-6-4-2)23-17-19(26)11-13-21(23)22-14-12-20(27)18-24(22)25;1-9(2)10(3,4)16-13(15-9)14-17-11(5,6)12(7,8)18-14/h19-22,25-26H,11-18,23-24H2,1-10H3;11-14,17-18H,3-10,15-16H2,1-2H3;1-8H3. The van der Waals surface area contributed by atoms with Gasteiger partial charge in [-0.25, -0.2) is 0 Å². The Balaban J connectivity index is 0.000000189.